The minimum Gasteiger partial charge on any atom is -0.366 e. The summed E-state index contributed by atoms with van der Waals surface area (Å²) in [6.07, 6.45) is 5.24. The Morgan fingerprint density at radius 3 is 2.56 bits per heavy atom. The van der Waals surface area contributed by atoms with Gasteiger partial charge in [-0.25, -0.2) is 0 Å². The van der Waals surface area contributed by atoms with Gasteiger partial charge in [-0.3, -0.25) is 4.90 Å². The molecule has 0 spiro atoms. The first-order chi connectivity index (χ1) is 8.88. The second kappa shape index (κ2) is 7.55. The Labute approximate surface area is 111 Å². The third kappa shape index (κ3) is 4.43. The summed E-state index contributed by atoms with van der Waals surface area (Å²) in [5, 5.41) is 0. The average Bonchev–Trinajstić information content (AvgIpc) is 2.45. The molecule has 1 aliphatic heterocycles. The summed E-state index contributed by atoms with van der Waals surface area (Å²) in [4.78, 5) is 2.43. The van der Waals surface area contributed by atoms with Gasteiger partial charge < -0.3 is 4.74 Å². The zero-order chi connectivity index (χ0) is 12.6. The van der Waals surface area contributed by atoms with Crippen molar-refractivity contribution in [1.82, 2.24) is 4.90 Å². The second-order valence-electron chi connectivity index (χ2n) is 5.21. The van der Waals surface area contributed by atoms with Crippen molar-refractivity contribution in [3.05, 3.63) is 35.9 Å². The van der Waals surface area contributed by atoms with Gasteiger partial charge in [0.2, 0.25) is 0 Å². The maximum Gasteiger partial charge on any atom is 0.0990 e. The molecule has 0 radical (unpaired) electrons. The Balaban J connectivity index is 1.65. The lowest BCUT2D eigenvalue weighted by Gasteiger charge is -2.31. The third-order valence-electron chi connectivity index (χ3n) is 3.87. The van der Waals surface area contributed by atoms with Gasteiger partial charge in [-0.15, -0.1) is 0 Å². The van der Waals surface area contributed by atoms with Crippen LogP contribution in [-0.4, -0.2) is 31.3 Å². The van der Waals surface area contributed by atoms with Gasteiger partial charge in [0.25, 0.3) is 0 Å². The summed E-state index contributed by atoms with van der Waals surface area (Å²) in [5.74, 6) is 0.906. The summed E-state index contributed by atoms with van der Waals surface area (Å²) < 4.78 is 5.46. The first kappa shape index (κ1) is 13.6. The van der Waals surface area contributed by atoms with Crippen molar-refractivity contribution in [1.29, 1.82) is 0 Å². The van der Waals surface area contributed by atoms with Crippen LogP contribution in [-0.2, 0) is 11.2 Å². The first-order valence-electron chi connectivity index (χ1n) is 7.22. The van der Waals surface area contributed by atoms with Gasteiger partial charge in [0.15, 0.2) is 0 Å². The molecular weight excluding hydrogens is 222 g/mol. The van der Waals surface area contributed by atoms with Crippen molar-refractivity contribution in [3.8, 4) is 0 Å². The fourth-order valence-electron chi connectivity index (χ4n) is 2.64. The fourth-order valence-corrected chi connectivity index (χ4v) is 2.64. The average molecular weight is 247 g/mol. The van der Waals surface area contributed by atoms with Gasteiger partial charge in [-0.2, -0.15) is 0 Å². The molecule has 0 N–H and O–H groups in total. The predicted octanol–water partition coefficient (Wildman–Crippen LogP) is 3.33. The molecular formula is C16H25NO. The van der Waals surface area contributed by atoms with Gasteiger partial charge in [-0.1, -0.05) is 30.3 Å². The molecule has 0 saturated carbocycles. The molecule has 2 rings (SSSR count). The van der Waals surface area contributed by atoms with Gasteiger partial charge in [0.1, 0.15) is 0 Å². The molecule has 2 heteroatoms. The molecule has 0 atom stereocenters. The van der Waals surface area contributed by atoms with Crippen molar-refractivity contribution in [2.45, 2.75) is 32.6 Å². The van der Waals surface area contributed by atoms with E-state index in [1.165, 1.54) is 44.3 Å². The molecule has 2 nitrogen and oxygen atoms in total. The third-order valence-corrected chi connectivity index (χ3v) is 3.87. The number of rotatable bonds is 6. The fraction of sp³-hybridized carbons (Fsp3) is 0.625. The number of benzene rings is 1. The zero-order valence-corrected chi connectivity index (χ0v) is 11.5. The smallest absolute Gasteiger partial charge is 0.0990 e. The van der Waals surface area contributed by atoms with Crippen molar-refractivity contribution < 1.29 is 4.74 Å². The lowest BCUT2D eigenvalue weighted by atomic mass is 9.91. The van der Waals surface area contributed by atoms with Crippen molar-refractivity contribution in [3.63, 3.8) is 0 Å². The van der Waals surface area contributed by atoms with Crippen LogP contribution in [0.4, 0.5) is 0 Å². The quantitative estimate of drug-likeness (QED) is 0.764. The minimum atomic E-state index is 0.821. The van der Waals surface area contributed by atoms with Crippen LogP contribution in [0.2, 0.25) is 0 Å². The van der Waals surface area contributed by atoms with Gasteiger partial charge in [-0.05, 0) is 44.1 Å². The number of hydrogen-bond donors (Lipinski definition) is 0. The summed E-state index contributed by atoms with van der Waals surface area (Å²) >= 11 is 0. The minimum absolute atomic E-state index is 0.821. The van der Waals surface area contributed by atoms with E-state index in [2.05, 4.69) is 42.2 Å². The van der Waals surface area contributed by atoms with Crippen LogP contribution in [0.15, 0.2) is 30.3 Å². The van der Waals surface area contributed by atoms with E-state index in [9.17, 15) is 0 Å². The van der Waals surface area contributed by atoms with Crippen LogP contribution in [0.1, 0.15) is 31.7 Å². The lowest BCUT2D eigenvalue weighted by molar-refractivity contribution is 0.0159. The Hall–Kier alpha value is -0.860. The van der Waals surface area contributed by atoms with E-state index in [-0.39, 0.29) is 0 Å². The normalized spacial score (nSPS) is 18.1. The van der Waals surface area contributed by atoms with Crippen LogP contribution in [0.3, 0.4) is 0 Å². The number of likely N-dealkylation sites (tertiary alicyclic amines) is 1. The molecule has 0 unspecified atom stereocenters. The molecule has 100 valence electrons. The van der Waals surface area contributed by atoms with Crippen LogP contribution in [0, 0.1) is 5.92 Å². The number of ether oxygens (including phenoxy) is 1. The number of nitrogens with zero attached hydrogens (tertiary/aromatic N) is 1. The molecule has 1 saturated heterocycles. The molecule has 1 fully saturated rings. The highest BCUT2D eigenvalue weighted by Gasteiger charge is 2.18. The molecule has 0 amide bonds. The van der Waals surface area contributed by atoms with Gasteiger partial charge >= 0.3 is 0 Å². The van der Waals surface area contributed by atoms with E-state index in [4.69, 9.17) is 4.74 Å². The molecule has 0 aliphatic carbocycles. The van der Waals surface area contributed by atoms with Crippen LogP contribution in [0.5, 0.6) is 0 Å². The van der Waals surface area contributed by atoms with Gasteiger partial charge in [0.05, 0.1) is 6.73 Å². The maximum absolute atomic E-state index is 5.46. The highest BCUT2D eigenvalue weighted by Crippen LogP contribution is 2.22. The Morgan fingerprint density at radius 1 is 1.17 bits per heavy atom. The number of piperidine rings is 1. The highest BCUT2D eigenvalue weighted by atomic mass is 16.5. The molecule has 1 aromatic carbocycles. The van der Waals surface area contributed by atoms with E-state index < -0.39 is 0 Å². The Bertz CT molecular complexity index is 317. The summed E-state index contributed by atoms with van der Waals surface area (Å²) in [7, 11) is 0. The summed E-state index contributed by atoms with van der Waals surface area (Å²) in [6, 6.07) is 10.9. The number of aryl methyl sites for hydroxylation is 1. The molecule has 0 bridgehead atoms. The summed E-state index contributed by atoms with van der Waals surface area (Å²) in [5.41, 5.74) is 1.48. The van der Waals surface area contributed by atoms with Crippen LogP contribution in [0.25, 0.3) is 0 Å². The molecule has 1 aliphatic rings. The van der Waals surface area contributed by atoms with Crippen molar-refractivity contribution in [2.24, 2.45) is 5.92 Å². The molecule has 18 heavy (non-hydrogen) atoms. The number of hydrogen-bond acceptors (Lipinski definition) is 2. The van der Waals surface area contributed by atoms with Crippen LogP contribution >= 0.6 is 0 Å². The molecule has 1 aromatic rings. The molecule has 0 aromatic heterocycles. The zero-order valence-electron chi connectivity index (χ0n) is 11.5. The standard InChI is InChI=1S/C16H25NO/c1-2-18-14-17-12-10-16(11-13-17)9-8-15-6-4-3-5-7-15/h3-7,16H,2,8-14H2,1H3. The van der Waals surface area contributed by atoms with E-state index in [0.29, 0.717) is 0 Å². The largest absolute Gasteiger partial charge is 0.366 e. The van der Waals surface area contributed by atoms with E-state index in [0.717, 1.165) is 19.3 Å². The van der Waals surface area contributed by atoms with Crippen molar-refractivity contribution in [2.75, 3.05) is 26.4 Å². The van der Waals surface area contributed by atoms with E-state index >= 15 is 0 Å². The highest BCUT2D eigenvalue weighted by molar-refractivity contribution is 5.14. The monoisotopic (exact) mass is 247 g/mol. The second-order valence-corrected chi connectivity index (χ2v) is 5.21. The Morgan fingerprint density at radius 2 is 1.89 bits per heavy atom. The SMILES string of the molecule is CCOCN1CCC(CCc2ccccc2)CC1. The first-order valence-corrected chi connectivity index (χ1v) is 7.22. The van der Waals surface area contributed by atoms with Crippen LogP contribution < -0.4 is 0 Å². The molecule has 1 heterocycles. The Kier molecular flexibility index (Phi) is 5.69. The lowest BCUT2D eigenvalue weighted by Crippen LogP contribution is -2.35. The van der Waals surface area contributed by atoms with E-state index in [1.54, 1.807) is 0 Å². The van der Waals surface area contributed by atoms with Crippen molar-refractivity contribution >= 4 is 0 Å². The predicted molar refractivity (Wildman–Crippen MR) is 75.6 cm³/mol. The topological polar surface area (TPSA) is 12.5 Å². The maximum atomic E-state index is 5.46. The van der Waals surface area contributed by atoms with Gasteiger partial charge in [0, 0.05) is 19.7 Å². The van der Waals surface area contributed by atoms with E-state index in [1.807, 2.05) is 0 Å². The summed E-state index contributed by atoms with van der Waals surface area (Å²) in [6.45, 7) is 6.13.